The van der Waals surface area contributed by atoms with Crippen LogP contribution in [-0.4, -0.2) is 23.0 Å². The lowest BCUT2D eigenvalue weighted by molar-refractivity contribution is -0.120. The number of hydrogen-bond donors (Lipinski definition) is 2. The number of anilines is 3. The predicted molar refractivity (Wildman–Crippen MR) is 95.2 cm³/mol. The monoisotopic (exact) mass is 342 g/mol. The van der Waals surface area contributed by atoms with E-state index >= 15 is 0 Å². The smallest absolute Gasteiger partial charge is 0.248 e. The van der Waals surface area contributed by atoms with E-state index in [2.05, 4.69) is 10.5 Å². The highest BCUT2D eigenvalue weighted by molar-refractivity contribution is 6.07. The molecule has 0 aliphatic carbocycles. The summed E-state index contributed by atoms with van der Waals surface area (Å²) < 4.78 is 5.28. The van der Waals surface area contributed by atoms with Gasteiger partial charge >= 0.3 is 0 Å². The van der Waals surface area contributed by atoms with Gasteiger partial charge in [0.25, 0.3) is 0 Å². The van der Waals surface area contributed by atoms with Gasteiger partial charge in [0.2, 0.25) is 11.8 Å². The molecule has 2 amide bonds. The zero-order valence-electron chi connectivity index (χ0n) is 14.6. The number of amides is 2. The molecular weight excluding hydrogens is 320 g/mol. The molecule has 2 heterocycles. The van der Waals surface area contributed by atoms with Gasteiger partial charge < -0.3 is 15.6 Å². The molecule has 1 aromatic carbocycles. The van der Waals surface area contributed by atoms with Crippen molar-refractivity contribution in [3.05, 3.63) is 36.1 Å². The first kappa shape index (κ1) is 17.0. The Bertz CT molecular complexity index is 807. The molecule has 0 bridgehead atoms. The zero-order chi connectivity index (χ0) is 18.2. The van der Waals surface area contributed by atoms with Crippen LogP contribution in [0.5, 0.6) is 0 Å². The number of nitrogens with zero attached hydrogens (tertiary/aromatic N) is 2. The van der Waals surface area contributed by atoms with Crippen molar-refractivity contribution in [1.82, 2.24) is 5.16 Å². The minimum absolute atomic E-state index is 0.0960. The Morgan fingerprint density at radius 1 is 1.36 bits per heavy atom. The Labute approximate surface area is 146 Å². The van der Waals surface area contributed by atoms with Crippen LogP contribution in [0.25, 0.3) is 0 Å². The van der Waals surface area contributed by atoms with E-state index in [1.54, 1.807) is 30.3 Å². The second-order valence-corrected chi connectivity index (χ2v) is 7.23. The molecule has 0 unspecified atom stereocenters. The summed E-state index contributed by atoms with van der Waals surface area (Å²) in [6.45, 7) is 5.99. The molecule has 1 saturated heterocycles. The van der Waals surface area contributed by atoms with Crippen LogP contribution in [0.15, 0.2) is 34.9 Å². The van der Waals surface area contributed by atoms with E-state index in [0.29, 0.717) is 35.8 Å². The first-order valence-electron chi connectivity index (χ1n) is 8.21. The van der Waals surface area contributed by atoms with Gasteiger partial charge in [0.1, 0.15) is 11.8 Å². The molecule has 0 radical (unpaired) electrons. The maximum absolute atomic E-state index is 12.7. The lowest BCUT2D eigenvalue weighted by atomic mass is 9.93. The number of hydrogen-bond acceptors (Lipinski definition) is 5. The van der Waals surface area contributed by atoms with Gasteiger partial charge in [-0.25, -0.2) is 0 Å². The van der Waals surface area contributed by atoms with Crippen molar-refractivity contribution in [2.45, 2.75) is 45.1 Å². The fraction of sp³-hybridized carbons (Fsp3) is 0.389. The standard InChI is InChI=1S/C18H22N4O3/c1-18(2,3)14-10-15(21-25-14)20-17(24)13-7-8-16(23)22(13)12-6-4-5-11(19)9-12/h4-6,9-10,13H,7-8,19H2,1-3H3,(H,20,21,24)/t13-/m0/s1. The number of rotatable bonds is 3. The van der Waals surface area contributed by atoms with Crippen molar-refractivity contribution >= 4 is 29.0 Å². The molecule has 1 fully saturated rings. The van der Waals surface area contributed by atoms with Gasteiger partial charge in [-0.15, -0.1) is 0 Å². The van der Waals surface area contributed by atoms with Crippen molar-refractivity contribution < 1.29 is 14.1 Å². The third kappa shape index (κ3) is 3.50. The molecule has 1 aliphatic heterocycles. The maximum atomic E-state index is 12.7. The average Bonchev–Trinajstić information content (AvgIpc) is 3.13. The SMILES string of the molecule is CC(C)(C)c1cc(NC(=O)[C@@H]2CCC(=O)N2c2cccc(N)c2)no1. The molecule has 1 atom stereocenters. The summed E-state index contributed by atoms with van der Waals surface area (Å²) >= 11 is 0. The van der Waals surface area contributed by atoms with Crippen molar-refractivity contribution in [2.24, 2.45) is 0 Å². The molecule has 3 rings (SSSR count). The number of carbonyl (C=O) groups excluding carboxylic acids is 2. The minimum Gasteiger partial charge on any atom is -0.399 e. The van der Waals surface area contributed by atoms with Gasteiger partial charge in [0.05, 0.1) is 0 Å². The molecule has 0 spiro atoms. The topological polar surface area (TPSA) is 101 Å². The molecule has 1 aromatic heterocycles. The van der Waals surface area contributed by atoms with Gasteiger partial charge in [-0.1, -0.05) is 32.0 Å². The van der Waals surface area contributed by atoms with Crippen LogP contribution >= 0.6 is 0 Å². The molecule has 3 N–H and O–H groups in total. The van der Waals surface area contributed by atoms with Gasteiger partial charge in [-0.3, -0.25) is 14.5 Å². The highest BCUT2D eigenvalue weighted by atomic mass is 16.5. The fourth-order valence-corrected chi connectivity index (χ4v) is 2.83. The van der Waals surface area contributed by atoms with E-state index in [0.717, 1.165) is 0 Å². The summed E-state index contributed by atoms with van der Waals surface area (Å²) in [5.41, 5.74) is 6.77. The second-order valence-electron chi connectivity index (χ2n) is 7.23. The Morgan fingerprint density at radius 3 is 2.76 bits per heavy atom. The van der Waals surface area contributed by atoms with Crippen molar-refractivity contribution in [2.75, 3.05) is 16.0 Å². The summed E-state index contributed by atoms with van der Waals surface area (Å²) in [4.78, 5) is 26.4. The highest BCUT2D eigenvalue weighted by Gasteiger charge is 2.37. The number of aromatic nitrogens is 1. The van der Waals surface area contributed by atoms with Crippen LogP contribution in [0, 0.1) is 0 Å². The molecule has 1 aliphatic rings. The van der Waals surface area contributed by atoms with Gasteiger partial charge in [-0.05, 0) is 24.6 Å². The quantitative estimate of drug-likeness (QED) is 0.835. The molecule has 2 aromatic rings. The summed E-state index contributed by atoms with van der Waals surface area (Å²) in [6, 6.07) is 8.08. The number of carbonyl (C=O) groups is 2. The lowest BCUT2D eigenvalue weighted by Crippen LogP contribution is -2.41. The van der Waals surface area contributed by atoms with E-state index in [-0.39, 0.29) is 17.2 Å². The normalized spacial score (nSPS) is 17.8. The fourth-order valence-electron chi connectivity index (χ4n) is 2.83. The number of benzene rings is 1. The summed E-state index contributed by atoms with van der Waals surface area (Å²) in [5, 5.41) is 6.64. The number of nitrogens with two attached hydrogens (primary N) is 1. The molecule has 7 heteroatoms. The van der Waals surface area contributed by atoms with Crippen LogP contribution in [0.2, 0.25) is 0 Å². The largest absolute Gasteiger partial charge is 0.399 e. The second kappa shape index (κ2) is 6.23. The Kier molecular flexibility index (Phi) is 4.24. The van der Waals surface area contributed by atoms with E-state index in [4.69, 9.17) is 10.3 Å². The minimum atomic E-state index is -0.593. The molecule has 25 heavy (non-hydrogen) atoms. The van der Waals surface area contributed by atoms with Crippen LogP contribution in [0.1, 0.15) is 39.4 Å². The Morgan fingerprint density at radius 2 is 2.12 bits per heavy atom. The van der Waals surface area contributed by atoms with Crippen LogP contribution in [0.4, 0.5) is 17.2 Å². The summed E-state index contributed by atoms with van der Waals surface area (Å²) in [5.74, 6) is 0.642. The Hall–Kier alpha value is -2.83. The van der Waals surface area contributed by atoms with E-state index in [1.165, 1.54) is 4.90 Å². The van der Waals surface area contributed by atoms with E-state index in [1.807, 2.05) is 20.8 Å². The van der Waals surface area contributed by atoms with Gasteiger partial charge in [0.15, 0.2) is 5.82 Å². The maximum Gasteiger partial charge on any atom is 0.248 e. The molecule has 0 saturated carbocycles. The van der Waals surface area contributed by atoms with Crippen LogP contribution in [-0.2, 0) is 15.0 Å². The van der Waals surface area contributed by atoms with Crippen molar-refractivity contribution in [1.29, 1.82) is 0 Å². The van der Waals surface area contributed by atoms with E-state index in [9.17, 15) is 9.59 Å². The summed E-state index contributed by atoms with van der Waals surface area (Å²) in [6.07, 6.45) is 0.766. The number of nitrogen functional groups attached to an aromatic ring is 1. The third-order valence-electron chi connectivity index (χ3n) is 4.16. The predicted octanol–water partition coefficient (Wildman–Crippen LogP) is 2.69. The van der Waals surface area contributed by atoms with Crippen molar-refractivity contribution in [3.8, 4) is 0 Å². The summed E-state index contributed by atoms with van der Waals surface area (Å²) in [7, 11) is 0. The first-order chi connectivity index (χ1) is 11.8. The third-order valence-corrected chi connectivity index (χ3v) is 4.16. The lowest BCUT2D eigenvalue weighted by Gasteiger charge is -2.24. The Balaban J connectivity index is 1.79. The highest BCUT2D eigenvalue weighted by Crippen LogP contribution is 2.29. The number of nitrogens with one attached hydrogen (secondary N) is 1. The van der Waals surface area contributed by atoms with Crippen LogP contribution < -0.4 is 16.0 Å². The van der Waals surface area contributed by atoms with Crippen LogP contribution in [0.3, 0.4) is 0 Å². The molecule has 132 valence electrons. The van der Waals surface area contributed by atoms with E-state index < -0.39 is 6.04 Å². The zero-order valence-corrected chi connectivity index (χ0v) is 14.6. The van der Waals surface area contributed by atoms with Gasteiger partial charge in [0, 0.05) is 29.3 Å². The van der Waals surface area contributed by atoms with Gasteiger partial charge in [-0.2, -0.15) is 0 Å². The average molecular weight is 342 g/mol. The van der Waals surface area contributed by atoms with Crippen molar-refractivity contribution in [3.63, 3.8) is 0 Å². The first-order valence-corrected chi connectivity index (χ1v) is 8.21. The molecular formula is C18H22N4O3. The molecule has 7 nitrogen and oxygen atoms in total.